The number of anilines is 1. The Kier molecular flexibility index (Phi) is 8.55. The summed E-state index contributed by atoms with van der Waals surface area (Å²) >= 11 is 0. The van der Waals surface area contributed by atoms with E-state index in [0.717, 1.165) is 45.5 Å². The first-order valence-corrected chi connectivity index (χ1v) is 12.9. The monoisotopic (exact) mass is 526 g/mol. The Labute approximate surface area is 232 Å². The first-order valence-electron chi connectivity index (χ1n) is 12.9. The summed E-state index contributed by atoms with van der Waals surface area (Å²) in [4.78, 5) is 0. The van der Waals surface area contributed by atoms with Crippen molar-refractivity contribution in [2.75, 3.05) is 33.4 Å². The van der Waals surface area contributed by atoms with E-state index in [4.69, 9.17) is 18.9 Å². The Morgan fingerprint density at radius 3 is 1.62 bits per heavy atom. The third-order valence-electron chi connectivity index (χ3n) is 6.60. The van der Waals surface area contributed by atoms with E-state index in [2.05, 4.69) is 79.8 Å². The van der Waals surface area contributed by atoms with Crippen LogP contribution in [0.4, 0.5) is 5.69 Å². The zero-order valence-corrected chi connectivity index (χ0v) is 23.8. The van der Waals surface area contributed by atoms with Gasteiger partial charge in [-0.05, 0) is 70.7 Å². The number of methoxy groups -OCH3 is 4. The molecule has 0 radical (unpaired) electrons. The normalized spacial score (nSPS) is 15.4. The molecule has 3 aromatic rings. The Hall–Kier alpha value is -4.32. The zero-order valence-electron chi connectivity index (χ0n) is 23.8. The molecule has 0 amide bonds. The maximum absolute atomic E-state index is 5.45. The van der Waals surface area contributed by atoms with Gasteiger partial charge in [0.25, 0.3) is 0 Å². The molecule has 6 heteroatoms. The summed E-state index contributed by atoms with van der Waals surface area (Å²) in [6.07, 6.45) is 10.6. The molecular formula is C33H38N2O4. The lowest BCUT2D eigenvalue weighted by atomic mass is 9.87. The number of benzene rings is 3. The van der Waals surface area contributed by atoms with Crippen LogP contribution in [-0.4, -0.2) is 34.5 Å². The molecular weight excluding hydrogens is 488 g/mol. The second-order valence-corrected chi connectivity index (χ2v) is 10.4. The summed E-state index contributed by atoms with van der Waals surface area (Å²) in [5, 5.41) is 2.16. The van der Waals surface area contributed by atoms with Gasteiger partial charge in [0.2, 0.25) is 0 Å². The van der Waals surface area contributed by atoms with E-state index in [-0.39, 0.29) is 11.5 Å². The van der Waals surface area contributed by atoms with Gasteiger partial charge in [-0.25, -0.2) is 0 Å². The topological polar surface area (TPSA) is 52.2 Å². The number of allylic oxidation sites excluding steroid dienone is 1. The van der Waals surface area contributed by atoms with Crippen LogP contribution in [0, 0.1) is 0 Å². The number of ether oxygens (including phenoxy) is 4. The SMILES string of the molecule is COc1cc(C=CC2=CC(C=Cc3cc(OC)cc(OC)c3)N(c3ccc(C(C)(C)C)cc3)N2)cc(OC)c1. The van der Waals surface area contributed by atoms with Crippen molar-refractivity contribution in [2.45, 2.75) is 32.2 Å². The fourth-order valence-corrected chi connectivity index (χ4v) is 4.35. The van der Waals surface area contributed by atoms with E-state index in [1.54, 1.807) is 28.4 Å². The number of hydrogen-bond acceptors (Lipinski definition) is 6. The molecule has 39 heavy (non-hydrogen) atoms. The summed E-state index contributed by atoms with van der Waals surface area (Å²) in [7, 11) is 6.62. The molecule has 0 aliphatic carbocycles. The highest BCUT2D eigenvalue weighted by Gasteiger charge is 2.23. The number of rotatable bonds is 9. The first-order chi connectivity index (χ1) is 18.7. The van der Waals surface area contributed by atoms with Crippen LogP contribution in [0.1, 0.15) is 37.5 Å². The van der Waals surface area contributed by atoms with Crippen LogP contribution in [0.5, 0.6) is 23.0 Å². The van der Waals surface area contributed by atoms with Crippen LogP contribution in [0.15, 0.2) is 84.6 Å². The summed E-state index contributed by atoms with van der Waals surface area (Å²) in [5.74, 6) is 3.00. The number of hydrazine groups is 1. The van der Waals surface area contributed by atoms with Crippen LogP contribution in [0.25, 0.3) is 12.2 Å². The first kappa shape index (κ1) is 27.7. The van der Waals surface area contributed by atoms with Gasteiger partial charge >= 0.3 is 0 Å². The van der Waals surface area contributed by atoms with E-state index in [0.29, 0.717) is 0 Å². The van der Waals surface area contributed by atoms with Crippen LogP contribution >= 0.6 is 0 Å². The molecule has 1 heterocycles. The Bertz CT molecular complexity index is 1320. The zero-order chi connectivity index (χ0) is 28.0. The quantitative estimate of drug-likeness (QED) is 0.323. The highest BCUT2D eigenvalue weighted by atomic mass is 16.5. The molecule has 1 atom stereocenters. The number of nitrogens with zero attached hydrogens (tertiary/aromatic N) is 1. The molecule has 1 N–H and O–H groups in total. The third-order valence-corrected chi connectivity index (χ3v) is 6.60. The Morgan fingerprint density at radius 1 is 0.667 bits per heavy atom. The van der Waals surface area contributed by atoms with Crippen molar-refractivity contribution in [1.29, 1.82) is 0 Å². The van der Waals surface area contributed by atoms with Crippen LogP contribution in [0.3, 0.4) is 0 Å². The summed E-state index contributed by atoms with van der Waals surface area (Å²) < 4.78 is 21.7. The summed E-state index contributed by atoms with van der Waals surface area (Å²) in [6.45, 7) is 6.67. The molecule has 0 saturated carbocycles. The van der Waals surface area contributed by atoms with Crippen LogP contribution < -0.4 is 29.4 Å². The number of nitrogens with one attached hydrogen (secondary N) is 1. The largest absolute Gasteiger partial charge is 0.497 e. The van der Waals surface area contributed by atoms with Gasteiger partial charge in [0, 0.05) is 12.1 Å². The lowest BCUT2D eigenvalue weighted by Crippen LogP contribution is -2.37. The minimum absolute atomic E-state index is 0.0258. The molecule has 0 spiro atoms. The molecule has 0 saturated heterocycles. The second kappa shape index (κ2) is 12.0. The van der Waals surface area contributed by atoms with Gasteiger partial charge in [0.05, 0.1) is 45.9 Å². The average Bonchev–Trinajstić information content (AvgIpc) is 3.37. The van der Waals surface area contributed by atoms with Crippen molar-refractivity contribution in [2.24, 2.45) is 0 Å². The summed E-state index contributed by atoms with van der Waals surface area (Å²) in [6, 6.07) is 20.4. The highest BCUT2D eigenvalue weighted by Crippen LogP contribution is 2.30. The van der Waals surface area contributed by atoms with Crippen molar-refractivity contribution in [1.82, 2.24) is 5.43 Å². The highest BCUT2D eigenvalue weighted by molar-refractivity contribution is 5.63. The molecule has 0 aromatic heterocycles. The molecule has 3 aromatic carbocycles. The molecule has 6 nitrogen and oxygen atoms in total. The molecule has 4 rings (SSSR count). The third kappa shape index (κ3) is 6.96. The van der Waals surface area contributed by atoms with Crippen molar-refractivity contribution >= 4 is 17.8 Å². The predicted molar refractivity (Wildman–Crippen MR) is 160 cm³/mol. The van der Waals surface area contributed by atoms with E-state index < -0.39 is 0 Å². The Balaban J connectivity index is 1.65. The van der Waals surface area contributed by atoms with E-state index in [1.807, 2.05) is 42.5 Å². The van der Waals surface area contributed by atoms with Crippen LogP contribution in [0.2, 0.25) is 0 Å². The van der Waals surface area contributed by atoms with E-state index in [9.17, 15) is 0 Å². The smallest absolute Gasteiger partial charge is 0.123 e. The fraction of sp³-hybridized carbons (Fsp3) is 0.273. The van der Waals surface area contributed by atoms with Gasteiger partial charge in [0.1, 0.15) is 23.0 Å². The minimum Gasteiger partial charge on any atom is -0.497 e. The molecule has 0 bridgehead atoms. The van der Waals surface area contributed by atoms with Crippen molar-refractivity contribution in [3.8, 4) is 23.0 Å². The maximum atomic E-state index is 5.45. The standard InChI is InChI=1S/C33H38N2O4/c1-33(2,3)25-10-14-27(15-11-25)35-28(13-9-24-18-31(38-6)22-32(19-24)39-7)20-26(34-35)12-8-23-16-29(36-4)21-30(17-23)37-5/h8-22,28,34H,1-7H3. The van der Waals surface area contributed by atoms with Gasteiger partial charge in [0.15, 0.2) is 0 Å². The van der Waals surface area contributed by atoms with Crippen molar-refractivity contribution in [3.05, 3.63) is 101 Å². The fourth-order valence-electron chi connectivity index (χ4n) is 4.35. The lowest BCUT2D eigenvalue weighted by molar-refractivity contribution is 0.394. The minimum atomic E-state index is -0.0258. The van der Waals surface area contributed by atoms with Gasteiger partial charge in [-0.1, -0.05) is 51.1 Å². The molecule has 1 aliphatic heterocycles. The van der Waals surface area contributed by atoms with E-state index in [1.165, 1.54) is 5.56 Å². The number of hydrogen-bond donors (Lipinski definition) is 1. The van der Waals surface area contributed by atoms with Crippen molar-refractivity contribution < 1.29 is 18.9 Å². The maximum Gasteiger partial charge on any atom is 0.123 e. The molecule has 1 unspecified atom stereocenters. The Morgan fingerprint density at radius 2 is 1.15 bits per heavy atom. The summed E-state index contributed by atoms with van der Waals surface area (Å²) in [5.41, 5.74) is 8.98. The predicted octanol–water partition coefficient (Wildman–Crippen LogP) is 7.02. The molecule has 0 fully saturated rings. The van der Waals surface area contributed by atoms with E-state index >= 15 is 0 Å². The van der Waals surface area contributed by atoms with Crippen molar-refractivity contribution in [3.63, 3.8) is 0 Å². The van der Waals surface area contributed by atoms with Gasteiger partial charge in [-0.3, -0.25) is 10.4 Å². The molecule has 1 aliphatic rings. The second-order valence-electron chi connectivity index (χ2n) is 10.4. The van der Waals surface area contributed by atoms with Gasteiger partial charge in [-0.2, -0.15) is 0 Å². The molecule has 204 valence electrons. The van der Waals surface area contributed by atoms with Gasteiger partial charge in [-0.15, -0.1) is 0 Å². The van der Waals surface area contributed by atoms with Crippen LogP contribution in [-0.2, 0) is 5.41 Å². The lowest BCUT2D eigenvalue weighted by Gasteiger charge is -2.27. The van der Waals surface area contributed by atoms with Gasteiger partial charge < -0.3 is 18.9 Å². The average molecular weight is 527 g/mol.